The molecular formula is C11H19NO4. The van der Waals surface area contributed by atoms with Gasteiger partial charge < -0.3 is 14.8 Å². The third-order valence-electron chi connectivity index (χ3n) is 2.66. The van der Waals surface area contributed by atoms with E-state index < -0.39 is 5.92 Å². The van der Waals surface area contributed by atoms with E-state index in [0.717, 1.165) is 6.54 Å². The summed E-state index contributed by atoms with van der Waals surface area (Å²) in [5, 5.41) is 3.09. The second kappa shape index (κ2) is 6.48. The van der Waals surface area contributed by atoms with Crippen LogP contribution in [0.2, 0.25) is 0 Å². The van der Waals surface area contributed by atoms with Crippen molar-refractivity contribution in [2.45, 2.75) is 20.3 Å². The van der Waals surface area contributed by atoms with Crippen molar-refractivity contribution in [3.8, 4) is 0 Å². The molecular weight excluding hydrogens is 210 g/mol. The Balaban J connectivity index is 2.63. The Kier molecular flexibility index (Phi) is 5.25. The van der Waals surface area contributed by atoms with E-state index in [1.807, 2.05) is 0 Å². The van der Waals surface area contributed by atoms with Gasteiger partial charge in [0.05, 0.1) is 25.0 Å². The molecule has 1 aliphatic rings. The number of esters is 2. The molecule has 0 saturated carbocycles. The molecule has 0 aliphatic carbocycles. The zero-order valence-corrected chi connectivity index (χ0v) is 9.82. The van der Waals surface area contributed by atoms with Crippen LogP contribution in [0.4, 0.5) is 0 Å². The van der Waals surface area contributed by atoms with E-state index in [4.69, 9.17) is 9.47 Å². The largest absolute Gasteiger partial charge is 0.466 e. The molecule has 92 valence electrons. The molecule has 1 aliphatic heterocycles. The molecule has 0 bridgehead atoms. The van der Waals surface area contributed by atoms with E-state index in [1.54, 1.807) is 13.8 Å². The second-order valence-electron chi connectivity index (χ2n) is 3.71. The van der Waals surface area contributed by atoms with Crippen LogP contribution in [0.15, 0.2) is 0 Å². The zero-order chi connectivity index (χ0) is 12.0. The average molecular weight is 229 g/mol. The lowest BCUT2D eigenvalue weighted by molar-refractivity contribution is -0.161. The van der Waals surface area contributed by atoms with Crippen LogP contribution in [0.3, 0.4) is 0 Å². The predicted molar refractivity (Wildman–Crippen MR) is 57.7 cm³/mol. The van der Waals surface area contributed by atoms with E-state index in [9.17, 15) is 9.59 Å². The van der Waals surface area contributed by atoms with Gasteiger partial charge in [-0.05, 0) is 26.8 Å². The van der Waals surface area contributed by atoms with Crippen LogP contribution in [0.5, 0.6) is 0 Å². The van der Waals surface area contributed by atoms with E-state index in [2.05, 4.69) is 5.32 Å². The van der Waals surface area contributed by atoms with Gasteiger partial charge in [0.15, 0.2) is 0 Å². The molecule has 1 rings (SSSR count). The van der Waals surface area contributed by atoms with Gasteiger partial charge in [0.25, 0.3) is 0 Å². The average Bonchev–Trinajstić information content (AvgIpc) is 2.30. The van der Waals surface area contributed by atoms with Gasteiger partial charge in [-0.2, -0.15) is 0 Å². The summed E-state index contributed by atoms with van der Waals surface area (Å²) in [4.78, 5) is 23.3. The lowest BCUT2D eigenvalue weighted by atomic mass is 9.86. The van der Waals surface area contributed by atoms with Crippen LogP contribution >= 0.6 is 0 Å². The van der Waals surface area contributed by atoms with E-state index >= 15 is 0 Å². The highest BCUT2D eigenvalue weighted by Crippen LogP contribution is 2.22. The van der Waals surface area contributed by atoms with Gasteiger partial charge in [-0.25, -0.2) is 0 Å². The first-order valence-electron chi connectivity index (χ1n) is 5.74. The molecule has 0 aromatic heterocycles. The van der Waals surface area contributed by atoms with Crippen molar-refractivity contribution >= 4 is 11.9 Å². The van der Waals surface area contributed by atoms with E-state index in [0.29, 0.717) is 26.2 Å². The first-order valence-corrected chi connectivity index (χ1v) is 5.74. The molecule has 5 heteroatoms. The Morgan fingerprint density at radius 1 is 1.12 bits per heavy atom. The van der Waals surface area contributed by atoms with Gasteiger partial charge in [0.2, 0.25) is 0 Å². The molecule has 0 unspecified atom stereocenters. The summed E-state index contributed by atoms with van der Waals surface area (Å²) in [5.41, 5.74) is 0. The molecule has 1 saturated heterocycles. The Labute approximate surface area is 95.5 Å². The molecule has 5 nitrogen and oxygen atoms in total. The maximum atomic E-state index is 11.7. The Morgan fingerprint density at radius 3 is 2.25 bits per heavy atom. The standard InChI is InChI=1S/C11H19NO4/c1-3-15-10(13)8-5-6-12-7-9(8)11(14)16-4-2/h8-9,12H,3-7H2,1-2H3/t8-,9+/m0/s1. The smallest absolute Gasteiger partial charge is 0.311 e. The molecule has 0 amide bonds. The van der Waals surface area contributed by atoms with Crippen molar-refractivity contribution < 1.29 is 19.1 Å². The first-order chi connectivity index (χ1) is 7.70. The first kappa shape index (κ1) is 13.0. The summed E-state index contributed by atoms with van der Waals surface area (Å²) >= 11 is 0. The molecule has 0 spiro atoms. The third kappa shape index (κ3) is 3.20. The summed E-state index contributed by atoms with van der Waals surface area (Å²) in [6, 6.07) is 0. The molecule has 0 radical (unpaired) electrons. The van der Waals surface area contributed by atoms with Crippen molar-refractivity contribution in [1.29, 1.82) is 0 Å². The topological polar surface area (TPSA) is 64.6 Å². The zero-order valence-electron chi connectivity index (χ0n) is 9.82. The van der Waals surface area contributed by atoms with Crippen LogP contribution in [0.1, 0.15) is 20.3 Å². The fourth-order valence-electron chi connectivity index (χ4n) is 1.89. The lowest BCUT2D eigenvalue weighted by Gasteiger charge is -2.28. The lowest BCUT2D eigenvalue weighted by Crippen LogP contribution is -2.45. The van der Waals surface area contributed by atoms with Gasteiger partial charge in [-0.15, -0.1) is 0 Å². The van der Waals surface area contributed by atoms with Crippen molar-refractivity contribution in [2.75, 3.05) is 26.3 Å². The molecule has 2 atom stereocenters. The minimum Gasteiger partial charge on any atom is -0.466 e. The Bertz CT molecular complexity index is 228. The molecule has 0 aromatic rings. The minimum absolute atomic E-state index is 0.290. The number of rotatable bonds is 4. The molecule has 16 heavy (non-hydrogen) atoms. The van der Waals surface area contributed by atoms with Gasteiger partial charge in [-0.3, -0.25) is 9.59 Å². The molecule has 0 aromatic carbocycles. The van der Waals surface area contributed by atoms with Crippen molar-refractivity contribution in [3.63, 3.8) is 0 Å². The normalized spacial score (nSPS) is 24.9. The fourth-order valence-corrected chi connectivity index (χ4v) is 1.89. The monoisotopic (exact) mass is 229 g/mol. The molecule has 1 fully saturated rings. The Morgan fingerprint density at radius 2 is 1.69 bits per heavy atom. The molecule has 1 heterocycles. The SMILES string of the molecule is CCOC(=O)[C@H]1CCNC[C@H]1C(=O)OCC. The highest BCUT2D eigenvalue weighted by atomic mass is 16.5. The Hall–Kier alpha value is -1.10. The number of nitrogens with one attached hydrogen (secondary N) is 1. The van der Waals surface area contributed by atoms with Crippen LogP contribution in [0, 0.1) is 11.8 Å². The molecule has 1 N–H and O–H groups in total. The fraction of sp³-hybridized carbons (Fsp3) is 0.818. The quantitative estimate of drug-likeness (QED) is 0.704. The van der Waals surface area contributed by atoms with E-state index in [1.165, 1.54) is 0 Å². The van der Waals surface area contributed by atoms with Crippen LogP contribution in [-0.2, 0) is 19.1 Å². The van der Waals surface area contributed by atoms with E-state index in [-0.39, 0.29) is 17.9 Å². The summed E-state index contributed by atoms with van der Waals surface area (Å²) in [6.45, 7) is 5.43. The number of carbonyl (C=O) groups excluding carboxylic acids is 2. The highest BCUT2D eigenvalue weighted by molar-refractivity contribution is 5.82. The van der Waals surface area contributed by atoms with Gasteiger partial charge in [0, 0.05) is 6.54 Å². The number of carbonyl (C=O) groups is 2. The number of piperidine rings is 1. The maximum Gasteiger partial charge on any atom is 0.311 e. The second-order valence-corrected chi connectivity index (χ2v) is 3.71. The van der Waals surface area contributed by atoms with Crippen molar-refractivity contribution in [2.24, 2.45) is 11.8 Å². The summed E-state index contributed by atoms with van der Waals surface area (Å²) in [6.07, 6.45) is 0.627. The van der Waals surface area contributed by atoms with Crippen molar-refractivity contribution in [3.05, 3.63) is 0 Å². The van der Waals surface area contributed by atoms with Crippen LogP contribution in [-0.4, -0.2) is 38.2 Å². The highest BCUT2D eigenvalue weighted by Gasteiger charge is 2.37. The maximum absolute atomic E-state index is 11.7. The number of ether oxygens (including phenoxy) is 2. The third-order valence-corrected chi connectivity index (χ3v) is 2.66. The minimum atomic E-state index is -0.409. The predicted octanol–water partition coefficient (Wildman–Crippen LogP) is 0.338. The van der Waals surface area contributed by atoms with Crippen LogP contribution in [0.25, 0.3) is 0 Å². The van der Waals surface area contributed by atoms with Gasteiger partial charge in [0.1, 0.15) is 0 Å². The summed E-state index contributed by atoms with van der Waals surface area (Å²) in [7, 11) is 0. The summed E-state index contributed by atoms with van der Waals surface area (Å²) in [5.74, 6) is -1.37. The summed E-state index contributed by atoms with van der Waals surface area (Å²) < 4.78 is 9.92. The van der Waals surface area contributed by atoms with Gasteiger partial charge in [-0.1, -0.05) is 0 Å². The van der Waals surface area contributed by atoms with Crippen LogP contribution < -0.4 is 5.32 Å². The van der Waals surface area contributed by atoms with Gasteiger partial charge >= 0.3 is 11.9 Å². The number of hydrogen-bond donors (Lipinski definition) is 1. The number of hydrogen-bond acceptors (Lipinski definition) is 5. The van der Waals surface area contributed by atoms with Crippen molar-refractivity contribution in [1.82, 2.24) is 5.32 Å².